The van der Waals surface area contributed by atoms with E-state index in [-0.39, 0.29) is 11.7 Å². The summed E-state index contributed by atoms with van der Waals surface area (Å²) in [5.74, 6) is 1.10. The van der Waals surface area contributed by atoms with Crippen molar-refractivity contribution in [3.8, 4) is 11.3 Å². The average Bonchev–Trinajstić information content (AvgIpc) is 2.99. The predicted molar refractivity (Wildman–Crippen MR) is 95.8 cm³/mol. The Morgan fingerprint density at radius 1 is 1.21 bits per heavy atom. The second-order valence-corrected chi connectivity index (χ2v) is 6.83. The van der Waals surface area contributed by atoms with Gasteiger partial charge in [0.05, 0.1) is 11.4 Å². The monoisotopic (exact) mass is 404 g/mol. The molecule has 0 aliphatic carbocycles. The van der Waals surface area contributed by atoms with Gasteiger partial charge in [0.25, 0.3) is 0 Å². The summed E-state index contributed by atoms with van der Waals surface area (Å²) in [6, 6.07) is 13.2. The molecule has 24 heavy (non-hydrogen) atoms. The van der Waals surface area contributed by atoms with E-state index < -0.39 is 0 Å². The third-order valence-electron chi connectivity index (χ3n) is 3.03. The molecule has 0 atom stereocenters. The number of aryl methyl sites for hydroxylation is 1. The van der Waals surface area contributed by atoms with Crippen LogP contribution < -0.4 is 5.32 Å². The number of anilines is 1. The fourth-order valence-electron chi connectivity index (χ4n) is 1.92. The van der Waals surface area contributed by atoms with E-state index in [1.807, 2.05) is 36.4 Å². The predicted octanol–water partition coefficient (Wildman–Crippen LogP) is 3.93. The normalized spacial score (nSPS) is 10.6. The zero-order chi connectivity index (χ0) is 16.9. The maximum absolute atomic E-state index is 11.8. The average molecular weight is 405 g/mol. The Kier molecular flexibility index (Phi) is 5.27. The first-order valence-electron chi connectivity index (χ1n) is 7.06. The summed E-state index contributed by atoms with van der Waals surface area (Å²) in [6.07, 6.45) is 0. The standard InChI is InChI=1S/C16H13BrN4O2S/c1-10-8-14(21-23-10)18-15(22)9-24-16-7-6-13(19-20-16)11-2-4-12(17)5-3-11/h2-8H,9H2,1H3,(H,18,21,22). The van der Waals surface area contributed by atoms with Crippen LogP contribution in [0.5, 0.6) is 0 Å². The maximum Gasteiger partial charge on any atom is 0.236 e. The van der Waals surface area contributed by atoms with Crippen LogP contribution in [0.2, 0.25) is 0 Å². The highest BCUT2D eigenvalue weighted by Gasteiger charge is 2.08. The van der Waals surface area contributed by atoms with Gasteiger partial charge in [-0.1, -0.05) is 45.0 Å². The molecule has 0 bridgehead atoms. The van der Waals surface area contributed by atoms with Crippen LogP contribution in [0.1, 0.15) is 5.76 Å². The Labute approximate surface area is 151 Å². The number of amides is 1. The van der Waals surface area contributed by atoms with Gasteiger partial charge in [-0.3, -0.25) is 4.79 Å². The summed E-state index contributed by atoms with van der Waals surface area (Å²) in [5.41, 5.74) is 1.77. The molecule has 0 aliphatic rings. The third kappa shape index (κ3) is 4.42. The number of nitrogens with zero attached hydrogens (tertiary/aromatic N) is 3. The van der Waals surface area contributed by atoms with E-state index in [9.17, 15) is 4.79 Å². The number of hydrogen-bond acceptors (Lipinski definition) is 6. The Balaban J connectivity index is 1.56. The van der Waals surface area contributed by atoms with Crippen molar-refractivity contribution in [1.29, 1.82) is 0 Å². The zero-order valence-corrected chi connectivity index (χ0v) is 15.1. The molecule has 0 fully saturated rings. The lowest BCUT2D eigenvalue weighted by atomic mass is 10.1. The quantitative estimate of drug-likeness (QED) is 0.648. The number of nitrogens with one attached hydrogen (secondary N) is 1. The first kappa shape index (κ1) is 16.7. The lowest BCUT2D eigenvalue weighted by Crippen LogP contribution is -2.14. The molecule has 2 aromatic heterocycles. The van der Waals surface area contributed by atoms with Crippen molar-refractivity contribution in [2.75, 3.05) is 11.1 Å². The molecule has 1 aromatic carbocycles. The highest BCUT2D eigenvalue weighted by Crippen LogP contribution is 2.21. The van der Waals surface area contributed by atoms with Crippen LogP contribution in [0.15, 0.2) is 56.5 Å². The van der Waals surface area contributed by atoms with Crippen LogP contribution in [0.25, 0.3) is 11.3 Å². The van der Waals surface area contributed by atoms with Gasteiger partial charge in [-0.25, -0.2) is 0 Å². The lowest BCUT2D eigenvalue weighted by molar-refractivity contribution is -0.113. The van der Waals surface area contributed by atoms with Gasteiger partial charge in [0.1, 0.15) is 10.8 Å². The van der Waals surface area contributed by atoms with Crippen LogP contribution in [-0.4, -0.2) is 27.0 Å². The summed E-state index contributed by atoms with van der Waals surface area (Å²) in [5, 5.41) is 15.4. The molecule has 122 valence electrons. The van der Waals surface area contributed by atoms with E-state index in [2.05, 4.69) is 36.6 Å². The van der Waals surface area contributed by atoms with Gasteiger partial charge in [0.2, 0.25) is 5.91 Å². The van der Waals surface area contributed by atoms with Gasteiger partial charge in [-0.2, -0.15) is 0 Å². The van der Waals surface area contributed by atoms with Crippen LogP contribution in [-0.2, 0) is 4.79 Å². The number of halogens is 1. The molecule has 0 saturated heterocycles. The molecule has 0 radical (unpaired) electrons. The van der Waals surface area contributed by atoms with Crippen LogP contribution in [0, 0.1) is 6.92 Å². The molecule has 2 heterocycles. The van der Waals surface area contributed by atoms with E-state index in [4.69, 9.17) is 4.52 Å². The number of aromatic nitrogens is 3. The van der Waals surface area contributed by atoms with E-state index in [1.54, 1.807) is 13.0 Å². The second kappa shape index (κ2) is 7.59. The van der Waals surface area contributed by atoms with Crippen LogP contribution in [0.4, 0.5) is 5.82 Å². The van der Waals surface area contributed by atoms with Crippen LogP contribution in [0.3, 0.4) is 0 Å². The van der Waals surface area contributed by atoms with Gasteiger partial charge >= 0.3 is 0 Å². The largest absolute Gasteiger partial charge is 0.360 e. The topological polar surface area (TPSA) is 80.9 Å². The summed E-state index contributed by atoms with van der Waals surface area (Å²) in [4.78, 5) is 11.8. The van der Waals surface area contributed by atoms with E-state index in [0.29, 0.717) is 16.6 Å². The molecule has 3 rings (SSSR count). The van der Waals surface area contributed by atoms with E-state index in [1.165, 1.54) is 11.8 Å². The summed E-state index contributed by atoms with van der Waals surface area (Å²) >= 11 is 4.71. The smallest absolute Gasteiger partial charge is 0.236 e. The van der Waals surface area contributed by atoms with Crippen molar-refractivity contribution in [2.24, 2.45) is 0 Å². The highest BCUT2D eigenvalue weighted by atomic mass is 79.9. The summed E-state index contributed by atoms with van der Waals surface area (Å²) in [6.45, 7) is 1.76. The van der Waals surface area contributed by atoms with Crippen LogP contribution >= 0.6 is 27.7 Å². The molecule has 3 aromatic rings. The number of thioether (sulfide) groups is 1. The molecule has 6 nitrogen and oxygen atoms in total. The number of carbonyl (C=O) groups excluding carboxylic acids is 1. The Bertz CT molecular complexity index is 834. The van der Waals surface area contributed by atoms with Gasteiger partial charge in [0.15, 0.2) is 5.82 Å². The number of hydrogen-bond donors (Lipinski definition) is 1. The minimum atomic E-state index is -0.174. The Morgan fingerprint density at radius 2 is 2.00 bits per heavy atom. The summed E-state index contributed by atoms with van der Waals surface area (Å²) < 4.78 is 5.91. The molecule has 0 aliphatic heterocycles. The first-order chi connectivity index (χ1) is 11.6. The fourth-order valence-corrected chi connectivity index (χ4v) is 2.79. The Morgan fingerprint density at radius 3 is 2.62 bits per heavy atom. The minimum absolute atomic E-state index is 0.174. The SMILES string of the molecule is Cc1cc(NC(=O)CSc2ccc(-c3ccc(Br)cc3)nn2)no1. The highest BCUT2D eigenvalue weighted by molar-refractivity contribution is 9.10. The van der Waals surface area contributed by atoms with Crippen molar-refractivity contribution >= 4 is 39.4 Å². The van der Waals surface area contributed by atoms with Gasteiger partial charge < -0.3 is 9.84 Å². The fraction of sp³-hybridized carbons (Fsp3) is 0.125. The van der Waals surface area contributed by atoms with Gasteiger partial charge in [-0.05, 0) is 31.2 Å². The zero-order valence-electron chi connectivity index (χ0n) is 12.7. The van der Waals surface area contributed by atoms with E-state index >= 15 is 0 Å². The number of rotatable bonds is 5. The van der Waals surface area contributed by atoms with Gasteiger partial charge in [-0.15, -0.1) is 10.2 Å². The van der Waals surface area contributed by atoms with Crippen molar-refractivity contribution in [3.63, 3.8) is 0 Å². The second-order valence-electron chi connectivity index (χ2n) is 4.92. The van der Waals surface area contributed by atoms with Crippen molar-refractivity contribution in [3.05, 3.63) is 52.7 Å². The number of carbonyl (C=O) groups is 1. The van der Waals surface area contributed by atoms with Crippen molar-refractivity contribution in [2.45, 2.75) is 11.9 Å². The third-order valence-corrected chi connectivity index (χ3v) is 4.48. The van der Waals surface area contributed by atoms with Gasteiger partial charge in [0, 0.05) is 16.1 Å². The molecular formula is C16H13BrN4O2S. The first-order valence-corrected chi connectivity index (χ1v) is 8.83. The van der Waals surface area contributed by atoms with Crippen molar-refractivity contribution in [1.82, 2.24) is 15.4 Å². The molecule has 0 spiro atoms. The molecule has 0 unspecified atom stereocenters. The Hall–Kier alpha value is -2.19. The molecule has 0 saturated carbocycles. The maximum atomic E-state index is 11.8. The molecule has 8 heteroatoms. The molecule has 1 amide bonds. The van der Waals surface area contributed by atoms with Crippen molar-refractivity contribution < 1.29 is 9.32 Å². The molecular weight excluding hydrogens is 392 g/mol. The molecule has 1 N–H and O–H groups in total. The minimum Gasteiger partial charge on any atom is -0.360 e. The summed E-state index contributed by atoms with van der Waals surface area (Å²) in [7, 11) is 0. The number of benzene rings is 1. The van der Waals surface area contributed by atoms with E-state index in [0.717, 1.165) is 15.7 Å². The lowest BCUT2D eigenvalue weighted by Gasteiger charge is -2.03.